The molecule has 0 aliphatic rings. The number of benzene rings is 1. The normalized spacial score (nSPS) is 12.5. The maximum atomic E-state index is 3.65. The van der Waals surface area contributed by atoms with E-state index in [1.165, 1.54) is 16.9 Å². The molecule has 2 heteroatoms. The molecule has 1 unspecified atom stereocenters. The Kier molecular flexibility index (Phi) is 5.43. The summed E-state index contributed by atoms with van der Waals surface area (Å²) in [6.07, 6.45) is 3.52. The van der Waals surface area contributed by atoms with Crippen molar-refractivity contribution in [3.8, 4) is 0 Å². The van der Waals surface area contributed by atoms with E-state index in [0.29, 0.717) is 6.04 Å². The van der Waals surface area contributed by atoms with Crippen LogP contribution in [0.25, 0.3) is 0 Å². The Morgan fingerprint density at radius 2 is 1.94 bits per heavy atom. The molecule has 1 N–H and O–H groups in total. The van der Waals surface area contributed by atoms with Crippen LogP contribution in [0.5, 0.6) is 0 Å². The molecule has 0 amide bonds. The second kappa shape index (κ2) is 7.34. The maximum absolute atomic E-state index is 3.65. The van der Waals surface area contributed by atoms with E-state index in [0.717, 1.165) is 19.4 Å². The van der Waals surface area contributed by atoms with Crippen molar-refractivity contribution in [2.45, 2.75) is 32.2 Å². The first-order chi connectivity index (χ1) is 8.90. The molecule has 2 rings (SSSR count). The minimum absolute atomic E-state index is 0.528. The van der Waals surface area contributed by atoms with Gasteiger partial charge in [-0.1, -0.05) is 43.3 Å². The second-order valence-electron chi connectivity index (χ2n) is 4.52. The van der Waals surface area contributed by atoms with Crippen LogP contribution in [0.3, 0.4) is 0 Å². The average Bonchev–Trinajstić information content (AvgIpc) is 2.94. The highest BCUT2D eigenvalue weighted by Gasteiger charge is 2.08. The van der Waals surface area contributed by atoms with Crippen LogP contribution in [-0.4, -0.2) is 6.54 Å². The summed E-state index contributed by atoms with van der Waals surface area (Å²) in [5.41, 5.74) is 1.43. The number of nitrogens with one attached hydrogen (secondary N) is 1. The third-order valence-electron chi connectivity index (χ3n) is 3.17. The van der Waals surface area contributed by atoms with Gasteiger partial charge in [0.25, 0.3) is 0 Å². The van der Waals surface area contributed by atoms with Gasteiger partial charge in [-0.15, -0.1) is 11.3 Å². The molecule has 1 aromatic carbocycles. The van der Waals surface area contributed by atoms with Crippen molar-refractivity contribution < 1.29 is 0 Å². The van der Waals surface area contributed by atoms with Gasteiger partial charge in [0.05, 0.1) is 0 Å². The second-order valence-corrected chi connectivity index (χ2v) is 5.50. The maximum Gasteiger partial charge on any atom is 0.0412 e. The highest BCUT2D eigenvalue weighted by Crippen LogP contribution is 2.21. The molecule has 1 atom stereocenters. The molecule has 96 valence electrons. The summed E-state index contributed by atoms with van der Waals surface area (Å²) in [6.45, 7) is 3.33. The lowest BCUT2D eigenvalue weighted by Crippen LogP contribution is -2.21. The Morgan fingerprint density at radius 3 is 2.61 bits per heavy atom. The van der Waals surface area contributed by atoms with Crippen molar-refractivity contribution >= 4 is 11.3 Å². The fraction of sp³-hybridized carbons (Fsp3) is 0.375. The van der Waals surface area contributed by atoms with E-state index in [2.05, 4.69) is 60.1 Å². The van der Waals surface area contributed by atoms with Crippen molar-refractivity contribution in [2.75, 3.05) is 6.54 Å². The third kappa shape index (κ3) is 3.97. The minimum atomic E-state index is 0.528. The summed E-state index contributed by atoms with van der Waals surface area (Å²) in [4.78, 5) is 1.46. The number of hydrogen-bond donors (Lipinski definition) is 1. The minimum Gasteiger partial charge on any atom is -0.309 e. The zero-order valence-corrected chi connectivity index (χ0v) is 11.7. The van der Waals surface area contributed by atoms with Gasteiger partial charge in [0.1, 0.15) is 0 Å². The molecule has 18 heavy (non-hydrogen) atoms. The van der Waals surface area contributed by atoms with Crippen LogP contribution >= 0.6 is 11.3 Å². The molecule has 0 fully saturated rings. The Hall–Kier alpha value is -1.12. The number of hydrogen-bond acceptors (Lipinski definition) is 2. The predicted octanol–water partition coefficient (Wildman–Crippen LogP) is 4.42. The van der Waals surface area contributed by atoms with Gasteiger partial charge in [0.2, 0.25) is 0 Å². The molecular weight excluding hydrogens is 238 g/mol. The lowest BCUT2D eigenvalue weighted by atomic mass is 10.1. The molecule has 2 aromatic rings. The molecule has 0 aliphatic heterocycles. The van der Waals surface area contributed by atoms with Crippen LogP contribution in [0.2, 0.25) is 0 Å². The Morgan fingerprint density at radius 1 is 1.11 bits per heavy atom. The van der Waals surface area contributed by atoms with Crippen LogP contribution in [0, 0.1) is 0 Å². The lowest BCUT2D eigenvalue weighted by Gasteiger charge is -2.15. The monoisotopic (exact) mass is 259 g/mol. The van der Waals surface area contributed by atoms with Gasteiger partial charge in [-0.05, 0) is 42.8 Å². The summed E-state index contributed by atoms with van der Waals surface area (Å²) >= 11 is 1.85. The standard InChI is InChI=1S/C16H21NS/c1-2-15(16-11-7-13-18-16)17-12-6-10-14-8-4-3-5-9-14/h3-5,7-9,11,13,15,17H,2,6,10,12H2,1H3. The summed E-state index contributed by atoms with van der Waals surface area (Å²) in [5, 5.41) is 5.81. The zero-order chi connectivity index (χ0) is 12.6. The molecule has 0 bridgehead atoms. The fourth-order valence-corrected chi connectivity index (χ4v) is 3.03. The van der Waals surface area contributed by atoms with Crippen LogP contribution in [0.15, 0.2) is 47.8 Å². The first-order valence-corrected chi connectivity index (χ1v) is 7.59. The molecular formula is C16H21NS. The van der Waals surface area contributed by atoms with Gasteiger partial charge < -0.3 is 5.32 Å². The number of aryl methyl sites for hydroxylation is 1. The molecule has 0 aliphatic carbocycles. The van der Waals surface area contributed by atoms with Crippen LogP contribution in [0.1, 0.15) is 36.2 Å². The zero-order valence-electron chi connectivity index (χ0n) is 10.9. The third-order valence-corrected chi connectivity index (χ3v) is 4.16. The molecule has 0 saturated carbocycles. The van der Waals surface area contributed by atoms with Gasteiger partial charge in [-0.2, -0.15) is 0 Å². The van der Waals surface area contributed by atoms with Crippen molar-refractivity contribution in [3.63, 3.8) is 0 Å². The molecule has 0 spiro atoms. The molecule has 0 radical (unpaired) electrons. The first kappa shape index (κ1) is 13.3. The van der Waals surface area contributed by atoms with Gasteiger partial charge in [-0.25, -0.2) is 0 Å². The van der Waals surface area contributed by atoms with Gasteiger partial charge in [0, 0.05) is 10.9 Å². The van der Waals surface area contributed by atoms with Crippen molar-refractivity contribution in [1.82, 2.24) is 5.32 Å². The van der Waals surface area contributed by atoms with Crippen LogP contribution < -0.4 is 5.32 Å². The molecule has 1 aromatic heterocycles. The smallest absolute Gasteiger partial charge is 0.0412 e. The molecule has 1 heterocycles. The first-order valence-electron chi connectivity index (χ1n) is 6.71. The van der Waals surface area contributed by atoms with E-state index in [1.807, 2.05) is 11.3 Å². The summed E-state index contributed by atoms with van der Waals surface area (Å²) < 4.78 is 0. The van der Waals surface area contributed by atoms with Crippen molar-refractivity contribution in [3.05, 3.63) is 58.3 Å². The fourth-order valence-electron chi connectivity index (χ4n) is 2.15. The number of rotatable bonds is 7. The van der Waals surface area contributed by atoms with E-state index in [4.69, 9.17) is 0 Å². The quantitative estimate of drug-likeness (QED) is 0.726. The highest BCUT2D eigenvalue weighted by atomic mass is 32.1. The lowest BCUT2D eigenvalue weighted by molar-refractivity contribution is 0.517. The highest BCUT2D eigenvalue weighted by molar-refractivity contribution is 7.10. The largest absolute Gasteiger partial charge is 0.309 e. The van der Waals surface area contributed by atoms with Crippen molar-refractivity contribution in [1.29, 1.82) is 0 Å². The Balaban J connectivity index is 1.71. The Labute approximate surface area is 114 Å². The SMILES string of the molecule is CCC(NCCCc1ccccc1)c1cccs1. The Bertz CT molecular complexity index is 422. The van der Waals surface area contributed by atoms with E-state index < -0.39 is 0 Å². The molecule has 0 saturated heterocycles. The average molecular weight is 259 g/mol. The van der Waals surface area contributed by atoms with Gasteiger partial charge in [0.15, 0.2) is 0 Å². The summed E-state index contributed by atoms with van der Waals surface area (Å²) in [5.74, 6) is 0. The summed E-state index contributed by atoms with van der Waals surface area (Å²) in [7, 11) is 0. The van der Waals surface area contributed by atoms with Crippen molar-refractivity contribution in [2.24, 2.45) is 0 Å². The van der Waals surface area contributed by atoms with E-state index in [1.54, 1.807) is 0 Å². The van der Waals surface area contributed by atoms with E-state index >= 15 is 0 Å². The van der Waals surface area contributed by atoms with E-state index in [-0.39, 0.29) is 0 Å². The van der Waals surface area contributed by atoms with Crippen LogP contribution in [0.4, 0.5) is 0 Å². The van der Waals surface area contributed by atoms with E-state index in [9.17, 15) is 0 Å². The molecule has 1 nitrogen and oxygen atoms in total. The van der Waals surface area contributed by atoms with Gasteiger partial charge >= 0.3 is 0 Å². The van der Waals surface area contributed by atoms with Gasteiger partial charge in [-0.3, -0.25) is 0 Å². The topological polar surface area (TPSA) is 12.0 Å². The van der Waals surface area contributed by atoms with Crippen LogP contribution in [-0.2, 0) is 6.42 Å². The predicted molar refractivity (Wildman–Crippen MR) is 80.1 cm³/mol. The summed E-state index contributed by atoms with van der Waals surface area (Å²) in [6, 6.07) is 15.6. The number of thiophene rings is 1.